The first kappa shape index (κ1) is 16.4. The van der Waals surface area contributed by atoms with Gasteiger partial charge in [0, 0.05) is 6.08 Å². The van der Waals surface area contributed by atoms with Crippen LogP contribution in [-0.2, 0) is 14.8 Å². The lowest BCUT2D eigenvalue weighted by molar-refractivity contribution is -0.114. The van der Waals surface area contributed by atoms with E-state index in [0.29, 0.717) is 31.1 Å². The van der Waals surface area contributed by atoms with Gasteiger partial charge in [0.1, 0.15) is 13.2 Å². The fraction of sp³-hybridized carbons (Fsp3) is 0.400. The van der Waals surface area contributed by atoms with Crippen molar-refractivity contribution < 1.29 is 22.7 Å². The molecule has 0 fully saturated rings. The predicted molar refractivity (Wildman–Crippen MR) is 83.3 cm³/mol. The lowest BCUT2D eigenvalue weighted by atomic mass is 10.2. The summed E-state index contributed by atoms with van der Waals surface area (Å²) in [7, 11) is -3.56. The monoisotopic (exact) mass is 325 g/mol. The molecule has 7 heteroatoms. The van der Waals surface area contributed by atoms with E-state index in [0.717, 1.165) is 12.0 Å². The van der Waals surface area contributed by atoms with Gasteiger partial charge in [-0.3, -0.25) is 4.79 Å². The van der Waals surface area contributed by atoms with Crippen LogP contribution in [0.15, 0.2) is 24.3 Å². The number of ether oxygens (including phenoxy) is 2. The van der Waals surface area contributed by atoms with Crippen molar-refractivity contribution in [3.63, 3.8) is 0 Å². The van der Waals surface area contributed by atoms with Gasteiger partial charge in [-0.2, -0.15) is 0 Å². The summed E-state index contributed by atoms with van der Waals surface area (Å²) in [6.07, 6.45) is 3.99. The van der Waals surface area contributed by atoms with Crippen LogP contribution in [0, 0.1) is 0 Å². The van der Waals surface area contributed by atoms with Gasteiger partial charge in [-0.05, 0) is 30.2 Å². The van der Waals surface area contributed by atoms with Crippen LogP contribution < -0.4 is 14.2 Å². The summed E-state index contributed by atoms with van der Waals surface area (Å²) in [6, 6.07) is 5.26. The van der Waals surface area contributed by atoms with Crippen molar-refractivity contribution in [1.82, 2.24) is 4.72 Å². The first-order valence-electron chi connectivity index (χ1n) is 7.12. The Morgan fingerprint density at radius 1 is 1.27 bits per heavy atom. The number of benzene rings is 1. The van der Waals surface area contributed by atoms with Crippen LogP contribution in [0.1, 0.15) is 25.3 Å². The Balaban J connectivity index is 1.98. The summed E-state index contributed by atoms with van der Waals surface area (Å²) < 4.78 is 36.1. The molecule has 0 bridgehead atoms. The van der Waals surface area contributed by atoms with E-state index in [1.54, 1.807) is 18.2 Å². The van der Waals surface area contributed by atoms with Gasteiger partial charge in [0.2, 0.25) is 10.0 Å². The minimum absolute atomic E-state index is 0.0485. The van der Waals surface area contributed by atoms with E-state index < -0.39 is 15.9 Å². The minimum Gasteiger partial charge on any atom is -0.486 e. The summed E-state index contributed by atoms with van der Waals surface area (Å²) in [5.41, 5.74) is 0.727. The van der Waals surface area contributed by atoms with Crippen LogP contribution in [0.3, 0.4) is 0 Å². The molecule has 120 valence electrons. The maximum atomic E-state index is 11.7. The van der Waals surface area contributed by atoms with E-state index in [2.05, 4.69) is 0 Å². The van der Waals surface area contributed by atoms with Crippen LogP contribution in [0.4, 0.5) is 0 Å². The van der Waals surface area contributed by atoms with E-state index in [1.165, 1.54) is 12.2 Å². The number of nitrogens with one attached hydrogen (secondary N) is 1. The molecule has 0 unspecified atom stereocenters. The average Bonchev–Trinajstić information content (AvgIpc) is 2.50. The second-order valence-corrected chi connectivity index (χ2v) is 6.72. The van der Waals surface area contributed by atoms with Gasteiger partial charge in [-0.25, -0.2) is 13.1 Å². The highest BCUT2D eigenvalue weighted by molar-refractivity contribution is 7.90. The first-order chi connectivity index (χ1) is 10.5. The second kappa shape index (κ2) is 7.31. The van der Waals surface area contributed by atoms with E-state index in [-0.39, 0.29) is 5.75 Å². The average molecular weight is 325 g/mol. The zero-order chi connectivity index (χ0) is 16.0. The molecule has 1 heterocycles. The Morgan fingerprint density at radius 3 is 2.73 bits per heavy atom. The topological polar surface area (TPSA) is 81.7 Å². The molecule has 6 nitrogen and oxygen atoms in total. The van der Waals surface area contributed by atoms with Gasteiger partial charge in [-0.15, -0.1) is 0 Å². The largest absolute Gasteiger partial charge is 0.486 e. The molecular formula is C15H19NO5S. The molecule has 1 aliphatic heterocycles. The third-order valence-corrected chi connectivity index (χ3v) is 4.35. The van der Waals surface area contributed by atoms with Gasteiger partial charge in [0.05, 0.1) is 5.75 Å². The molecule has 22 heavy (non-hydrogen) atoms. The molecular weight excluding hydrogens is 306 g/mol. The molecule has 0 aromatic heterocycles. The van der Waals surface area contributed by atoms with Crippen molar-refractivity contribution in [2.24, 2.45) is 0 Å². The highest BCUT2D eigenvalue weighted by Gasteiger charge is 2.13. The maximum absolute atomic E-state index is 11.7. The number of rotatable bonds is 6. The highest BCUT2D eigenvalue weighted by atomic mass is 32.2. The summed E-state index contributed by atoms with van der Waals surface area (Å²) in [5, 5.41) is 0. The summed E-state index contributed by atoms with van der Waals surface area (Å²) >= 11 is 0. The molecule has 2 rings (SSSR count). The van der Waals surface area contributed by atoms with Crippen LogP contribution in [-0.4, -0.2) is 33.3 Å². The van der Waals surface area contributed by atoms with E-state index in [1.807, 2.05) is 11.6 Å². The van der Waals surface area contributed by atoms with Crippen molar-refractivity contribution in [2.45, 2.75) is 19.8 Å². The van der Waals surface area contributed by atoms with Gasteiger partial charge < -0.3 is 9.47 Å². The van der Waals surface area contributed by atoms with Crippen molar-refractivity contribution in [2.75, 3.05) is 19.0 Å². The molecule has 1 aliphatic rings. The molecule has 0 saturated carbocycles. The number of hydrogen-bond donors (Lipinski definition) is 1. The third-order valence-electron chi connectivity index (χ3n) is 3.02. The van der Waals surface area contributed by atoms with Crippen molar-refractivity contribution in [3.8, 4) is 11.5 Å². The number of sulfonamides is 1. The molecule has 0 radical (unpaired) electrons. The standard InChI is InChI=1S/C15H19NO5S/c1-2-3-10-22(18,19)16-15(17)7-5-12-4-6-13-14(11-12)21-9-8-20-13/h4-7,11H,2-3,8-10H2,1H3,(H,16,17)/b7-5+. The lowest BCUT2D eigenvalue weighted by Crippen LogP contribution is -2.31. The van der Waals surface area contributed by atoms with Crippen LogP contribution in [0.5, 0.6) is 11.5 Å². The van der Waals surface area contributed by atoms with Crippen molar-refractivity contribution in [3.05, 3.63) is 29.8 Å². The quantitative estimate of drug-likeness (QED) is 0.805. The number of unbranched alkanes of at least 4 members (excludes halogenated alkanes) is 1. The van der Waals surface area contributed by atoms with Gasteiger partial charge in [0.15, 0.2) is 11.5 Å². The predicted octanol–water partition coefficient (Wildman–Crippen LogP) is 1.72. The molecule has 1 N–H and O–H groups in total. The number of amides is 1. The van der Waals surface area contributed by atoms with Crippen molar-refractivity contribution in [1.29, 1.82) is 0 Å². The fourth-order valence-corrected chi connectivity index (χ4v) is 3.05. The SMILES string of the molecule is CCCCS(=O)(=O)NC(=O)/C=C/c1ccc2c(c1)OCCO2. The second-order valence-electron chi connectivity index (χ2n) is 4.88. The van der Waals surface area contributed by atoms with Crippen molar-refractivity contribution >= 4 is 22.0 Å². The summed E-state index contributed by atoms with van der Waals surface area (Å²) in [5.74, 6) is 0.568. The van der Waals surface area contributed by atoms with Gasteiger partial charge >= 0.3 is 0 Å². The van der Waals surface area contributed by atoms with Gasteiger partial charge in [-0.1, -0.05) is 19.4 Å². The molecule has 0 spiro atoms. The lowest BCUT2D eigenvalue weighted by Gasteiger charge is -2.18. The molecule has 1 aromatic rings. The molecule has 0 saturated heterocycles. The number of carbonyl (C=O) groups is 1. The smallest absolute Gasteiger partial charge is 0.257 e. The summed E-state index contributed by atoms with van der Waals surface area (Å²) in [6.45, 7) is 2.88. The number of fused-ring (bicyclic) bond motifs is 1. The van der Waals surface area contributed by atoms with Gasteiger partial charge in [0.25, 0.3) is 5.91 Å². The minimum atomic E-state index is -3.56. The van der Waals surface area contributed by atoms with Crippen LogP contribution in [0.25, 0.3) is 6.08 Å². The number of carbonyl (C=O) groups excluding carboxylic acids is 1. The maximum Gasteiger partial charge on any atom is 0.257 e. The molecule has 0 aliphatic carbocycles. The Morgan fingerprint density at radius 2 is 2.00 bits per heavy atom. The zero-order valence-corrected chi connectivity index (χ0v) is 13.2. The Bertz CT molecular complexity index is 667. The highest BCUT2D eigenvalue weighted by Crippen LogP contribution is 2.30. The van der Waals surface area contributed by atoms with Crippen LogP contribution >= 0.6 is 0 Å². The molecule has 0 atom stereocenters. The van der Waals surface area contributed by atoms with E-state index in [4.69, 9.17) is 9.47 Å². The Kier molecular flexibility index (Phi) is 5.43. The number of hydrogen-bond acceptors (Lipinski definition) is 5. The van der Waals surface area contributed by atoms with E-state index in [9.17, 15) is 13.2 Å². The van der Waals surface area contributed by atoms with E-state index >= 15 is 0 Å². The molecule has 1 amide bonds. The van der Waals surface area contributed by atoms with Crippen LogP contribution in [0.2, 0.25) is 0 Å². The Hall–Kier alpha value is -2.02. The first-order valence-corrected chi connectivity index (χ1v) is 8.77. The third kappa shape index (κ3) is 4.77. The zero-order valence-electron chi connectivity index (χ0n) is 12.4. The normalized spacial score (nSPS) is 14.0. The molecule has 1 aromatic carbocycles. The fourth-order valence-electron chi connectivity index (χ4n) is 1.91. The Labute approximate surface area is 130 Å². The summed E-state index contributed by atoms with van der Waals surface area (Å²) in [4.78, 5) is 11.7.